The Morgan fingerprint density at radius 1 is 1.47 bits per heavy atom. The van der Waals surface area contributed by atoms with E-state index >= 15 is 0 Å². The Kier molecular flexibility index (Phi) is 4.36. The number of rotatable bonds is 4. The van der Waals surface area contributed by atoms with Crippen LogP contribution in [0.3, 0.4) is 0 Å². The summed E-state index contributed by atoms with van der Waals surface area (Å²) in [5.74, 6) is 2.07. The molecular weight excluding hydrogens is 232 g/mol. The van der Waals surface area contributed by atoms with Gasteiger partial charge in [0.1, 0.15) is 0 Å². The van der Waals surface area contributed by atoms with Crippen molar-refractivity contribution in [3.05, 3.63) is 0 Å². The number of carbonyl (C=O) groups excluding carboxylic acids is 1. The van der Waals surface area contributed by atoms with Crippen molar-refractivity contribution < 1.29 is 4.79 Å². The molecule has 17 heavy (non-hydrogen) atoms. The van der Waals surface area contributed by atoms with Gasteiger partial charge in [0.25, 0.3) is 0 Å². The van der Waals surface area contributed by atoms with Gasteiger partial charge in [0.2, 0.25) is 5.91 Å². The summed E-state index contributed by atoms with van der Waals surface area (Å²) in [7, 11) is 0. The van der Waals surface area contributed by atoms with E-state index in [2.05, 4.69) is 12.2 Å². The molecule has 3 N–H and O–H groups in total. The van der Waals surface area contributed by atoms with Crippen LogP contribution in [0.25, 0.3) is 0 Å². The van der Waals surface area contributed by atoms with Crippen LogP contribution >= 0.6 is 11.8 Å². The van der Waals surface area contributed by atoms with Crippen molar-refractivity contribution in [3.63, 3.8) is 0 Å². The number of thioether (sulfide) groups is 1. The number of hydrogen-bond donors (Lipinski definition) is 2. The zero-order chi connectivity index (χ0) is 12.3. The number of hydrogen-bond acceptors (Lipinski definition) is 3. The summed E-state index contributed by atoms with van der Waals surface area (Å²) in [4.78, 5) is 12.1. The second kappa shape index (κ2) is 5.61. The predicted octanol–water partition coefficient (Wildman–Crippen LogP) is 1.76. The van der Waals surface area contributed by atoms with E-state index in [9.17, 15) is 4.79 Å². The van der Waals surface area contributed by atoms with E-state index in [4.69, 9.17) is 5.73 Å². The lowest BCUT2D eigenvalue weighted by molar-refractivity contribution is -0.126. The second-order valence-electron chi connectivity index (χ2n) is 5.65. The largest absolute Gasteiger partial charge is 0.354 e. The van der Waals surface area contributed by atoms with Crippen LogP contribution in [0.5, 0.6) is 0 Å². The van der Waals surface area contributed by atoms with Crippen molar-refractivity contribution in [2.24, 2.45) is 17.6 Å². The summed E-state index contributed by atoms with van der Waals surface area (Å²) in [6.45, 7) is 3.74. The topological polar surface area (TPSA) is 55.1 Å². The zero-order valence-corrected chi connectivity index (χ0v) is 11.5. The SMILES string of the molecule is CC1(CNC(=O)[C@@H]2CCC[C@@H]2CN)CCCS1. The van der Waals surface area contributed by atoms with Crippen molar-refractivity contribution in [1.29, 1.82) is 0 Å². The highest BCUT2D eigenvalue weighted by molar-refractivity contribution is 8.00. The van der Waals surface area contributed by atoms with Gasteiger partial charge in [-0.15, -0.1) is 0 Å². The number of nitrogens with one attached hydrogen (secondary N) is 1. The van der Waals surface area contributed by atoms with Gasteiger partial charge in [0, 0.05) is 17.2 Å². The van der Waals surface area contributed by atoms with E-state index in [0.717, 1.165) is 25.8 Å². The lowest BCUT2D eigenvalue weighted by Crippen LogP contribution is -2.41. The molecule has 4 heteroatoms. The Morgan fingerprint density at radius 3 is 2.94 bits per heavy atom. The average Bonchev–Trinajstić information content (AvgIpc) is 2.95. The van der Waals surface area contributed by atoms with Crippen molar-refractivity contribution >= 4 is 17.7 Å². The maximum absolute atomic E-state index is 12.1. The number of amides is 1. The van der Waals surface area contributed by atoms with Crippen molar-refractivity contribution in [3.8, 4) is 0 Å². The Hall–Kier alpha value is -0.220. The first-order chi connectivity index (χ1) is 8.14. The highest BCUT2D eigenvalue weighted by atomic mass is 32.2. The fraction of sp³-hybridized carbons (Fsp3) is 0.923. The van der Waals surface area contributed by atoms with Crippen molar-refractivity contribution in [2.75, 3.05) is 18.8 Å². The summed E-state index contributed by atoms with van der Waals surface area (Å²) < 4.78 is 0.270. The fourth-order valence-electron chi connectivity index (χ4n) is 3.05. The minimum atomic E-state index is 0.176. The predicted molar refractivity (Wildman–Crippen MR) is 73.0 cm³/mol. The van der Waals surface area contributed by atoms with Crippen LogP contribution in [-0.2, 0) is 4.79 Å². The normalized spacial score (nSPS) is 37.3. The second-order valence-corrected chi connectivity index (χ2v) is 7.34. The van der Waals surface area contributed by atoms with Gasteiger partial charge in [-0.1, -0.05) is 6.42 Å². The molecular formula is C13H24N2OS. The maximum atomic E-state index is 12.1. The maximum Gasteiger partial charge on any atom is 0.223 e. The molecule has 2 aliphatic rings. The molecule has 0 aromatic carbocycles. The Bertz CT molecular complexity index is 277. The van der Waals surface area contributed by atoms with E-state index in [-0.39, 0.29) is 16.6 Å². The van der Waals surface area contributed by atoms with Gasteiger partial charge in [0.05, 0.1) is 0 Å². The van der Waals surface area contributed by atoms with Gasteiger partial charge in [-0.05, 0) is 50.8 Å². The highest BCUT2D eigenvalue weighted by Gasteiger charge is 2.34. The van der Waals surface area contributed by atoms with Gasteiger partial charge >= 0.3 is 0 Å². The first-order valence-corrected chi connectivity index (χ1v) is 7.75. The molecule has 98 valence electrons. The molecule has 1 aliphatic heterocycles. The standard InChI is InChI=1S/C13H24N2OS/c1-13(6-3-7-17-13)9-15-12(16)11-5-2-4-10(11)8-14/h10-11H,2-9,14H2,1H3,(H,15,16)/t10-,11-,13?/m1/s1. The summed E-state index contributed by atoms with van der Waals surface area (Å²) >= 11 is 2.00. The van der Waals surface area contributed by atoms with Crippen LogP contribution in [0.15, 0.2) is 0 Å². The lowest BCUT2D eigenvalue weighted by atomic mass is 9.95. The summed E-state index contributed by atoms with van der Waals surface area (Å²) in [5.41, 5.74) is 5.72. The van der Waals surface area contributed by atoms with Crippen LogP contribution in [-0.4, -0.2) is 29.5 Å². The van der Waals surface area contributed by atoms with E-state index in [1.807, 2.05) is 11.8 Å². The lowest BCUT2D eigenvalue weighted by Gasteiger charge is -2.25. The smallest absolute Gasteiger partial charge is 0.223 e. The number of nitrogens with two attached hydrogens (primary N) is 1. The molecule has 0 spiro atoms. The third kappa shape index (κ3) is 3.16. The van der Waals surface area contributed by atoms with Gasteiger partial charge in [-0.25, -0.2) is 0 Å². The molecule has 2 fully saturated rings. The quantitative estimate of drug-likeness (QED) is 0.806. The first-order valence-electron chi connectivity index (χ1n) is 6.76. The average molecular weight is 256 g/mol. The van der Waals surface area contributed by atoms with Gasteiger partial charge in [-0.3, -0.25) is 4.79 Å². The Morgan fingerprint density at radius 2 is 2.29 bits per heavy atom. The van der Waals surface area contributed by atoms with Crippen molar-refractivity contribution in [2.45, 2.75) is 43.8 Å². The molecule has 0 radical (unpaired) electrons. The minimum absolute atomic E-state index is 0.176. The summed E-state index contributed by atoms with van der Waals surface area (Å²) in [5, 5.41) is 3.16. The molecule has 1 unspecified atom stereocenters. The van der Waals surface area contributed by atoms with Gasteiger partial charge < -0.3 is 11.1 Å². The molecule has 1 saturated heterocycles. The molecule has 1 heterocycles. The molecule has 0 aromatic rings. The molecule has 0 bridgehead atoms. The number of carbonyl (C=O) groups is 1. The Balaban J connectivity index is 1.80. The molecule has 1 saturated carbocycles. The fourth-order valence-corrected chi connectivity index (χ4v) is 4.29. The van der Waals surface area contributed by atoms with Gasteiger partial charge in [-0.2, -0.15) is 11.8 Å². The van der Waals surface area contributed by atoms with Crippen LogP contribution < -0.4 is 11.1 Å². The zero-order valence-electron chi connectivity index (χ0n) is 10.7. The molecule has 1 amide bonds. The molecule has 0 aromatic heterocycles. The molecule has 2 rings (SSSR count). The summed E-state index contributed by atoms with van der Waals surface area (Å²) in [6.07, 6.45) is 5.82. The van der Waals surface area contributed by atoms with E-state index in [1.54, 1.807) is 0 Å². The van der Waals surface area contributed by atoms with Crippen molar-refractivity contribution in [1.82, 2.24) is 5.32 Å². The minimum Gasteiger partial charge on any atom is -0.354 e. The van der Waals surface area contributed by atoms with Crippen LogP contribution in [0.1, 0.15) is 39.0 Å². The van der Waals surface area contributed by atoms with E-state index in [0.29, 0.717) is 12.5 Å². The van der Waals surface area contributed by atoms with Crippen LogP contribution in [0, 0.1) is 11.8 Å². The first kappa shape index (κ1) is 13.2. The Labute approximate surface area is 108 Å². The van der Waals surface area contributed by atoms with Crippen LogP contribution in [0.4, 0.5) is 0 Å². The summed E-state index contributed by atoms with van der Waals surface area (Å²) in [6, 6.07) is 0. The third-order valence-electron chi connectivity index (χ3n) is 4.24. The molecule has 3 atom stereocenters. The monoisotopic (exact) mass is 256 g/mol. The third-order valence-corrected chi connectivity index (χ3v) is 5.77. The highest BCUT2D eigenvalue weighted by Crippen LogP contribution is 2.37. The van der Waals surface area contributed by atoms with Gasteiger partial charge in [0.15, 0.2) is 0 Å². The van der Waals surface area contributed by atoms with E-state index in [1.165, 1.54) is 18.6 Å². The van der Waals surface area contributed by atoms with E-state index < -0.39 is 0 Å². The molecule has 1 aliphatic carbocycles. The van der Waals surface area contributed by atoms with Crippen LogP contribution in [0.2, 0.25) is 0 Å². The molecule has 3 nitrogen and oxygen atoms in total.